The lowest BCUT2D eigenvalue weighted by molar-refractivity contribution is 0.0405. The summed E-state index contributed by atoms with van der Waals surface area (Å²) < 4.78 is 0. The lowest BCUT2D eigenvalue weighted by Crippen LogP contribution is -2.36. The first kappa shape index (κ1) is 95.0. The van der Waals surface area contributed by atoms with Gasteiger partial charge in [-0.25, -0.2) is 0 Å². The zero-order valence-electron chi connectivity index (χ0n) is 73.5. The van der Waals surface area contributed by atoms with Gasteiger partial charge in [-0.1, -0.05) is 405 Å². The van der Waals surface area contributed by atoms with Crippen LogP contribution in [0.15, 0.2) is 0 Å². The normalized spacial score (nSPS) is 24.4. The number of unbranched alkanes of at least 4 members (excludes halogenated alkanes) is 2. The highest BCUT2D eigenvalue weighted by Gasteiger charge is 2.43. The zero-order chi connectivity index (χ0) is 73.5. The summed E-state index contributed by atoms with van der Waals surface area (Å²) in [6.45, 7) is 62.5. The van der Waals surface area contributed by atoms with Gasteiger partial charge in [-0.2, -0.15) is 0 Å². The third kappa shape index (κ3) is 38.2. The summed E-state index contributed by atoms with van der Waals surface area (Å²) in [5.74, 6) is 1.78. The van der Waals surface area contributed by atoms with E-state index in [1.165, 1.54) is 366 Å². The van der Waals surface area contributed by atoms with E-state index < -0.39 is 0 Å². The topological polar surface area (TPSA) is 0 Å². The summed E-state index contributed by atoms with van der Waals surface area (Å²) in [6.07, 6.45) is 83.1. The van der Waals surface area contributed by atoms with Gasteiger partial charge in [-0.05, 0) is 218 Å². The van der Waals surface area contributed by atoms with Crippen LogP contribution in [0.4, 0.5) is 0 Å². The minimum Gasteiger partial charge on any atom is -0.0654 e. The van der Waals surface area contributed by atoms with Crippen molar-refractivity contribution in [1.82, 2.24) is 0 Å². The Labute approximate surface area is 619 Å². The standard InChI is InChI=1S/C12H24.5C11H22.3C10H20/c1-5-11(2,3)12(4)9-7-6-8-10-12;1-10(2,3)11(4)8-6-5-7-9-11;1-10(2)9-11(3)7-5-4-6-8-11;1-5-10(2,3)11(4)8-6-7-9-11;1-3-11(2)9-7-5-4-6-8-10-11;1-3-4-8-11(2)9-6-5-7-10-11;1-9(2)8-10(3)6-4-5-7-10;1-3-10(2)8-6-4-5-7-9-10;1-3-4-7-10(2)8-5-6-9-10/h5-10H2,1-4H3;5-9H2,1-4H3;10H,4-9H2,1-3H3;5-9H2,1-4H3;2*3-10H2,1-2H3;9H,4-8H2,1-3H3;2*3-9H2,1-2H3. The number of hydrogen-bond donors (Lipinski definition) is 0. The van der Waals surface area contributed by atoms with E-state index in [1.54, 1.807) is 0 Å². The Morgan fingerprint density at radius 3 is 0.629 bits per heavy atom. The Kier molecular flexibility index (Phi) is 46.6. The van der Waals surface area contributed by atoms with Crippen LogP contribution in [0.5, 0.6) is 0 Å². The van der Waals surface area contributed by atoms with Crippen LogP contribution in [0.1, 0.15) is 546 Å². The van der Waals surface area contributed by atoms with Crippen LogP contribution >= 0.6 is 0 Å². The number of hydrogen-bond acceptors (Lipinski definition) is 0. The van der Waals surface area contributed by atoms with Crippen LogP contribution in [-0.2, 0) is 0 Å². The van der Waals surface area contributed by atoms with Crippen molar-refractivity contribution in [2.75, 3.05) is 0 Å². The molecule has 9 fully saturated rings. The van der Waals surface area contributed by atoms with Gasteiger partial charge in [-0.15, -0.1) is 0 Å². The molecule has 0 aliphatic heterocycles. The first-order valence-electron chi connectivity index (χ1n) is 45.3. The molecular weight excluding hydrogens is 1170 g/mol. The Bertz CT molecular complexity index is 1810. The molecule has 9 rings (SSSR count). The molecule has 0 nitrogen and oxygen atoms in total. The van der Waals surface area contributed by atoms with Crippen molar-refractivity contribution in [3.8, 4) is 0 Å². The second-order valence-electron chi connectivity index (χ2n) is 42.4. The molecular formula is C97H194. The average Bonchev–Trinajstić information content (AvgIpc) is 1.53. The molecule has 0 bridgehead atoms. The molecule has 0 heteroatoms. The maximum absolute atomic E-state index is 2.50. The lowest BCUT2D eigenvalue weighted by atomic mass is 9.59. The van der Waals surface area contributed by atoms with E-state index in [0.717, 1.165) is 22.7 Å². The van der Waals surface area contributed by atoms with Gasteiger partial charge in [0.05, 0.1) is 0 Å². The van der Waals surface area contributed by atoms with E-state index >= 15 is 0 Å². The fourth-order valence-electron chi connectivity index (χ4n) is 20.2. The van der Waals surface area contributed by atoms with Gasteiger partial charge in [0.1, 0.15) is 0 Å². The number of rotatable bonds is 16. The van der Waals surface area contributed by atoms with Crippen molar-refractivity contribution in [3.05, 3.63) is 0 Å². The van der Waals surface area contributed by atoms with E-state index in [-0.39, 0.29) is 0 Å². The fourth-order valence-corrected chi connectivity index (χ4v) is 20.2. The highest BCUT2D eigenvalue weighted by atomic mass is 14.5. The summed E-state index contributed by atoms with van der Waals surface area (Å²) in [7, 11) is 0. The fraction of sp³-hybridized carbons (Fsp3) is 1.00. The van der Waals surface area contributed by atoms with E-state index in [4.69, 9.17) is 0 Å². The molecule has 0 saturated heterocycles. The third-order valence-electron chi connectivity index (χ3n) is 30.9. The van der Waals surface area contributed by atoms with E-state index in [9.17, 15) is 0 Å². The Hall–Kier alpha value is 0. The van der Waals surface area contributed by atoms with E-state index in [2.05, 4.69) is 180 Å². The summed E-state index contributed by atoms with van der Waals surface area (Å²) in [5, 5.41) is 0. The highest BCUT2D eigenvalue weighted by molar-refractivity contribution is 4.93. The van der Waals surface area contributed by atoms with Gasteiger partial charge in [0, 0.05) is 0 Å². The summed E-state index contributed by atoms with van der Waals surface area (Å²) in [6, 6.07) is 0. The molecule has 9 aliphatic rings. The van der Waals surface area contributed by atoms with Crippen molar-refractivity contribution >= 4 is 0 Å². The minimum atomic E-state index is 0.507. The van der Waals surface area contributed by atoms with Crippen LogP contribution in [0.25, 0.3) is 0 Å². The van der Waals surface area contributed by atoms with Gasteiger partial charge >= 0.3 is 0 Å². The van der Waals surface area contributed by atoms with Gasteiger partial charge in [0.2, 0.25) is 0 Å². The molecule has 0 radical (unpaired) electrons. The maximum Gasteiger partial charge on any atom is -0.0275 e. The van der Waals surface area contributed by atoms with Gasteiger partial charge in [0.25, 0.3) is 0 Å². The first-order valence-corrected chi connectivity index (χ1v) is 45.3. The molecule has 0 unspecified atom stereocenters. The Morgan fingerprint density at radius 1 is 0.237 bits per heavy atom. The molecule has 0 amide bonds. The molecule has 97 heavy (non-hydrogen) atoms. The first-order chi connectivity index (χ1) is 45.3. The van der Waals surface area contributed by atoms with Crippen molar-refractivity contribution in [1.29, 1.82) is 0 Å². The SMILES string of the molecule is CC(C)(C)C1(C)CCCCC1.CC(C)CC1(C)CCCC1.CC(C)CC1(C)CCCCC1.CCC(C)(C)C1(C)CCCC1.CCC(C)(C)C1(C)CCCCC1.CCC1(C)CCCCCC1.CCC1(C)CCCCCCC1.CCCCC1(C)CCCC1.CCCCC1(C)CCCCC1. The average molecular weight is 1360 g/mol. The van der Waals surface area contributed by atoms with E-state index in [1.807, 2.05) is 0 Å². The van der Waals surface area contributed by atoms with Crippen molar-refractivity contribution in [2.45, 2.75) is 546 Å². The molecule has 0 N–H and O–H groups in total. The van der Waals surface area contributed by atoms with Crippen LogP contribution in [0.2, 0.25) is 0 Å². The quantitative estimate of drug-likeness (QED) is 0.135. The minimum absolute atomic E-state index is 0.507. The Morgan fingerprint density at radius 2 is 0.423 bits per heavy atom. The molecule has 9 aliphatic carbocycles. The maximum atomic E-state index is 2.50. The van der Waals surface area contributed by atoms with Gasteiger partial charge in [-0.3, -0.25) is 0 Å². The molecule has 0 spiro atoms. The third-order valence-corrected chi connectivity index (χ3v) is 30.9. The largest absolute Gasteiger partial charge is 0.0654 e. The van der Waals surface area contributed by atoms with Crippen molar-refractivity contribution < 1.29 is 0 Å². The summed E-state index contributed by atoms with van der Waals surface area (Å²) >= 11 is 0. The van der Waals surface area contributed by atoms with Crippen LogP contribution in [0.3, 0.4) is 0 Å². The van der Waals surface area contributed by atoms with Crippen LogP contribution < -0.4 is 0 Å². The zero-order valence-corrected chi connectivity index (χ0v) is 73.5. The molecule has 0 aromatic carbocycles. The molecule has 0 heterocycles. The van der Waals surface area contributed by atoms with Crippen LogP contribution in [0, 0.1) is 76.8 Å². The monoisotopic (exact) mass is 1360 g/mol. The predicted molar refractivity (Wildman–Crippen MR) is 447 cm³/mol. The van der Waals surface area contributed by atoms with Gasteiger partial charge < -0.3 is 0 Å². The van der Waals surface area contributed by atoms with E-state index in [0.29, 0.717) is 54.1 Å². The molecule has 0 aromatic rings. The second kappa shape index (κ2) is 47.5. The molecule has 0 atom stereocenters. The van der Waals surface area contributed by atoms with Gasteiger partial charge in [0.15, 0.2) is 0 Å². The molecule has 0 aromatic heterocycles. The molecule has 582 valence electrons. The highest BCUT2D eigenvalue weighted by Crippen LogP contribution is 2.54. The summed E-state index contributed by atoms with van der Waals surface area (Å²) in [5.41, 5.74) is 7.79. The smallest absolute Gasteiger partial charge is 0.0275 e. The lowest BCUT2D eigenvalue weighted by Gasteiger charge is -2.46. The molecule has 9 saturated carbocycles. The van der Waals surface area contributed by atoms with Crippen molar-refractivity contribution in [2.24, 2.45) is 76.8 Å². The Balaban J connectivity index is 0.000000546. The van der Waals surface area contributed by atoms with Crippen LogP contribution in [-0.4, -0.2) is 0 Å². The predicted octanol–water partition coefficient (Wildman–Crippen LogP) is 35.8. The van der Waals surface area contributed by atoms with Crippen molar-refractivity contribution in [3.63, 3.8) is 0 Å². The second-order valence-corrected chi connectivity index (χ2v) is 42.4. The summed E-state index contributed by atoms with van der Waals surface area (Å²) in [4.78, 5) is 0.